The number of ether oxygens (including phenoxy) is 1. The van der Waals surface area contributed by atoms with Crippen LogP contribution in [0.1, 0.15) is 54.6 Å². The van der Waals surface area contributed by atoms with Crippen LogP contribution in [0.25, 0.3) is 0 Å². The van der Waals surface area contributed by atoms with E-state index in [2.05, 4.69) is 11.6 Å². The first-order valence-corrected chi connectivity index (χ1v) is 12.9. The second kappa shape index (κ2) is 11.0. The Kier molecular flexibility index (Phi) is 8.32. The quantitative estimate of drug-likeness (QED) is 0.563. The molecule has 1 aliphatic heterocycles. The summed E-state index contributed by atoms with van der Waals surface area (Å²) in [6.07, 6.45) is 4.15. The predicted octanol–water partition coefficient (Wildman–Crippen LogP) is 4.64. The molecule has 2 aromatic rings. The van der Waals surface area contributed by atoms with Gasteiger partial charge in [-0.15, -0.1) is 0 Å². The summed E-state index contributed by atoms with van der Waals surface area (Å²) in [5, 5.41) is 0. The summed E-state index contributed by atoms with van der Waals surface area (Å²) in [6.45, 7) is 8.40. The fourth-order valence-electron chi connectivity index (χ4n) is 3.93. The molecule has 1 heterocycles. The first-order valence-electron chi connectivity index (χ1n) is 11.4. The van der Waals surface area contributed by atoms with Crippen molar-refractivity contribution in [2.75, 3.05) is 31.0 Å². The molecule has 1 aliphatic rings. The number of benzene rings is 2. The van der Waals surface area contributed by atoms with Crippen molar-refractivity contribution in [2.45, 2.75) is 51.3 Å². The molecule has 174 valence electrons. The maximum absolute atomic E-state index is 13.1. The maximum Gasteiger partial charge on any atom is 0.262 e. The zero-order valence-electron chi connectivity index (χ0n) is 19.3. The van der Waals surface area contributed by atoms with E-state index < -0.39 is 10.0 Å². The molecule has 7 heteroatoms. The molecule has 32 heavy (non-hydrogen) atoms. The van der Waals surface area contributed by atoms with Gasteiger partial charge in [0.05, 0.1) is 11.5 Å². The second-order valence-electron chi connectivity index (χ2n) is 8.46. The van der Waals surface area contributed by atoms with Crippen LogP contribution in [0.4, 0.5) is 5.69 Å². The summed E-state index contributed by atoms with van der Waals surface area (Å²) in [5.41, 5.74) is 2.68. The molecule has 3 rings (SSSR count). The molecule has 0 radical (unpaired) electrons. The van der Waals surface area contributed by atoms with E-state index in [4.69, 9.17) is 4.74 Å². The van der Waals surface area contributed by atoms with Crippen LogP contribution in [0, 0.1) is 12.8 Å². The molecule has 6 nitrogen and oxygen atoms in total. The third-order valence-electron chi connectivity index (χ3n) is 5.92. The van der Waals surface area contributed by atoms with Gasteiger partial charge < -0.3 is 9.64 Å². The number of sulfonamides is 1. The van der Waals surface area contributed by atoms with Crippen molar-refractivity contribution in [1.82, 2.24) is 4.90 Å². The van der Waals surface area contributed by atoms with Crippen LogP contribution < -0.4 is 4.72 Å². The molecule has 1 atom stereocenters. The Morgan fingerprint density at radius 1 is 1.16 bits per heavy atom. The number of carbonyl (C=O) groups is 1. The number of hydrogen-bond donors (Lipinski definition) is 1. The normalized spacial score (nSPS) is 16.2. The fourth-order valence-corrected chi connectivity index (χ4v) is 5.26. The highest BCUT2D eigenvalue weighted by atomic mass is 32.2. The van der Waals surface area contributed by atoms with E-state index >= 15 is 0 Å². The zero-order chi connectivity index (χ0) is 23.1. The minimum absolute atomic E-state index is 0.124. The lowest BCUT2D eigenvalue weighted by atomic mass is 10.1. The average molecular weight is 459 g/mol. The van der Waals surface area contributed by atoms with Crippen molar-refractivity contribution in [1.29, 1.82) is 0 Å². The van der Waals surface area contributed by atoms with Gasteiger partial charge in [0.1, 0.15) is 0 Å². The molecule has 1 N–H and O–H groups in total. The van der Waals surface area contributed by atoms with Crippen LogP contribution in [-0.4, -0.2) is 45.5 Å². The van der Waals surface area contributed by atoms with Crippen LogP contribution in [0.2, 0.25) is 0 Å². The van der Waals surface area contributed by atoms with Gasteiger partial charge in [0.25, 0.3) is 15.9 Å². The van der Waals surface area contributed by atoms with Gasteiger partial charge in [0, 0.05) is 36.9 Å². The predicted molar refractivity (Wildman–Crippen MR) is 128 cm³/mol. The SMILES string of the molecule is CCCCc1ccc(NS(=O)(=O)c2cc(C(=O)N(CC)CC3CCOC3)ccc2C)cc1. The largest absolute Gasteiger partial charge is 0.381 e. The monoisotopic (exact) mass is 458 g/mol. The van der Waals surface area contributed by atoms with Crippen LogP contribution in [0.3, 0.4) is 0 Å². The molecule has 1 amide bonds. The van der Waals surface area contributed by atoms with E-state index in [1.54, 1.807) is 36.1 Å². The van der Waals surface area contributed by atoms with Gasteiger partial charge in [-0.05, 0) is 68.5 Å². The number of unbranched alkanes of at least 4 members (excludes halogenated alkanes) is 1. The summed E-state index contributed by atoms with van der Waals surface area (Å²) in [6, 6.07) is 12.4. The van der Waals surface area contributed by atoms with Crippen LogP contribution in [0.5, 0.6) is 0 Å². The Hall–Kier alpha value is -2.38. The van der Waals surface area contributed by atoms with Gasteiger partial charge in [0.15, 0.2) is 0 Å². The Morgan fingerprint density at radius 2 is 1.91 bits per heavy atom. The van der Waals surface area contributed by atoms with Gasteiger partial charge in [-0.25, -0.2) is 8.42 Å². The zero-order valence-corrected chi connectivity index (χ0v) is 20.1. The number of carbonyl (C=O) groups excluding carboxylic acids is 1. The summed E-state index contributed by atoms with van der Waals surface area (Å²) >= 11 is 0. The van der Waals surface area contributed by atoms with Crippen molar-refractivity contribution >= 4 is 21.6 Å². The van der Waals surface area contributed by atoms with Crippen molar-refractivity contribution in [3.63, 3.8) is 0 Å². The van der Waals surface area contributed by atoms with Gasteiger partial charge in [0.2, 0.25) is 0 Å². The lowest BCUT2D eigenvalue weighted by Crippen LogP contribution is -2.35. The highest BCUT2D eigenvalue weighted by molar-refractivity contribution is 7.92. The van der Waals surface area contributed by atoms with E-state index in [1.165, 1.54) is 11.6 Å². The average Bonchev–Trinajstić information content (AvgIpc) is 3.30. The topological polar surface area (TPSA) is 75.7 Å². The molecule has 0 spiro atoms. The van der Waals surface area contributed by atoms with Crippen LogP contribution in [0.15, 0.2) is 47.4 Å². The Balaban J connectivity index is 1.77. The number of hydrogen-bond acceptors (Lipinski definition) is 4. The number of rotatable bonds is 10. The number of amides is 1. The van der Waals surface area contributed by atoms with Crippen LogP contribution >= 0.6 is 0 Å². The molecule has 2 aromatic carbocycles. The lowest BCUT2D eigenvalue weighted by Gasteiger charge is -2.24. The summed E-state index contributed by atoms with van der Waals surface area (Å²) < 4.78 is 34.3. The van der Waals surface area contributed by atoms with Crippen molar-refractivity contribution in [3.05, 3.63) is 59.2 Å². The highest BCUT2D eigenvalue weighted by Gasteiger charge is 2.24. The lowest BCUT2D eigenvalue weighted by molar-refractivity contribution is 0.0730. The Morgan fingerprint density at radius 3 is 2.53 bits per heavy atom. The molecule has 1 fully saturated rings. The molecule has 1 unspecified atom stereocenters. The molecule has 0 bridgehead atoms. The highest BCUT2D eigenvalue weighted by Crippen LogP contribution is 2.23. The molecular weight excluding hydrogens is 424 g/mol. The van der Waals surface area contributed by atoms with Gasteiger partial charge in [-0.1, -0.05) is 31.5 Å². The van der Waals surface area contributed by atoms with E-state index in [0.717, 1.165) is 32.3 Å². The van der Waals surface area contributed by atoms with Crippen molar-refractivity contribution in [2.24, 2.45) is 5.92 Å². The van der Waals surface area contributed by atoms with Gasteiger partial charge in [-0.3, -0.25) is 9.52 Å². The fraction of sp³-hybridized carbons (Fsp3) is 0.480. The van der Waals surface area contributed by atoms with Crippen molar-refractivity contribution < 1.29 is 17.9 Å². The first-order chi connectivity index (χ1) is 15.3. The summed E-state index contributed by atoms with van der Waals surface area (Å²) in [7, 11) is -3.83. The van der Waals surface area contributed by atoms with E-state index in [-0.39, 0.29) is 10.8 Å². The third-order valence-corrected chi connectivity index (χ3v) is 7.44. The van der Waals surface area contributed by atoms with E-state index in [1.807, 2.05) is 19.1 Å². The number of nitrogens with zero attached hydrogens (tertiary/aromatic N) is 1. The van der Waals surface area contributed by atoms with E-state index in [0.29, 0.717) is 42.4 Å². The minimum Gasteiger partial charge on any atom is -0.381 e. The van der Waals surface area contributed by atoms with Crippen molar-refractivity contribution in [3.8, 4) is 0 Å². The van der Waals surface area contributed by atoms with E-state index in [9.17, 15) is 13.2 Å². The van der Waals surface area contributed by atoms with Gasteiger partial charge in [-0.2, -0.15) is 0 Å². The maximum atomic E-state index is 13.1. The third kappa shape index (κ3) is 6.11. The molecule has 0 aliphatic carbocycles. The second-order valence-corrected chi connectivity index (χ2v) is 10.1. The molecule has 0 saturated carbocycles. The number of aryl methyl sites for hydroxylation is 2. The minimum atomic E-state index is -3.83. The standard InChI is InChI=1S/C25H34N2O4S/c1-4-6-7-20-9-12-23(13-10-20)26-32(29,30)24-16-22(11-8-19(24)3)25(28)27(5-2)17-21-14-15-31-18-21/h8-13,16,21,26H,4-7,14-15,17-18H2,1-3H3. The summed E-state index contributed by atoms with van der Waals surface area (Å²) in [5.74, 6) is 0.172. The Bertz CT molecular complexity index is 1010. The first kappa shape index (κ1) is 24.3. The number of nitrogens with one attached hydrogen (secondary N) is 1. The van der Waals surface area contributed by atoms with Gasteiger partial charge >= 0.3 is 0 Å². The smallest absolute Gasteiger partial charge is 0.262 e. The molecule has 1 saturated heterocycles. The molecular formula is C25H34N2O4S. The molecule has 0 aromatic heterocycles. The van der Waals surface area contributed by atoms with Crippen LogP contribution in [-0.2, 0) is 21.2 Å². The Labute approximate surface area is 192 Å². The number of anilines is 1. The summed E-state index contributed by atoms with van der Waals surface area (Å²) in [4.78, 5) is 15.0.